The van der Waals surface area contributed by atoms with Gasteiger partial charge in [-0.2, -0.15) is 0 Å². The Morgan fingerprint density at radius 1 is 1.32 bits per heavy atom. The molecule has 0 heterocycles. The molecule has 0 aliphatic heterocycles. The number of hydrogen-bond acceptors (Lipinski definition) is 4. The van der Waals surface area contributed by atoms with Crippen LogP contribution in [-0.4, -0.2) is 28.0 Å². The Bertz CT molecular complexity index is 540. The molecule has 1 rings (SSSR count). The fourth-order valence-electron chi connectivity index (χ4n) is 1.35. The second kappa shape index (κ2) is 6.58. The van der Waals surface area contributed by atoms with Crippen LogP contribution in [-0.2, 0) is 19.6 Å². The van der Waals surface area contributed by atoms with Gasteiger partial charge in [-0.15, -0.1) is 0 Å². The van der Waals surface area contributed by atoms with Crippen molar-refractivity contribution in [2.24, 2.45) is 0 Å². The quantitative estimate of drug-likeness (QED) is 0.632. The van der Waals surface area contributed by atoms with Crippen molar-refractivity contribution in [3.63, 3.8) is 0 Å². The number of esters is 1. The van der Waals surface area contributed by atoms with Crippen LogP contribution < -0.4 is 4.72 Å². The van der Waals surface area contributed by atoms with Crippen LogP contribution in [0.2, 0.25) is 0 Å². The number of ether oxygens (including phenoxy) is 1. The largest absolute Gasteiger partial charge is 0.469 e. The van der Waals surface area contributed by atoms with Gasteiger partial charge in [-0.25, -0.2) is 21.9 Å². The maximum Gasteiger partial charge on any atom is 0.305 e. The Morgan fingerprint density at radius 3 is 2.42 bits per heavy atom. The minimum Gasteiger partial charge on any atom is -0.469 e. The molecule has 0 unspecified atom stereocenters. The smallest absolute Gasteiger partial charge is 0.305 e. The number of benzene rings is 1. The van der Waals surface area contributed by atoms with Gasteiger partial charge in [-0.05, 0) is 18.6 Å². The molecule has 0 amide bonds. The van der Waals surface area contributed by atoms with Crippen molar-refractivity contribution in [3.05, 3.63) is 29.8 Å². The summed E-state index contributed by atoms with van der Waals surface area (Å²) in [6.07, 6.45) is 0.181. The second-order valence-corrected chi connectivity index (χ2v) is 5.33. The van der Waals surface area contributed by atoms with Crippen molar-refractivity contribution < 1.29 is 26.7 Å². The molecule has 0 aromatic heterocycles. The second-order valence-electron chi connectivity index (χ2n) is 3.63. The van der Waals surface area contributed by atoms with E-state index in [1.165, 1.54) is 7.11 Å². The molecule has 1 N–H and O–H groups in total. The zero-order valence-corrected chi connectivity index (χ0v) is 11.0. The highest BCUT2D eigenvalue weighted by molar-refractivity contribution is 7.89. The van der Waals surface area contributed by atoms with E-state index in [-0.39, 0.29) is 19.4 Å². The topological polar surface area (TPSA) is 72.5 Å². The number of sulfonamides is 1. The molecule has 0 saturated heterocycles. The molecule has 0 spiro atoms. The van der Waals surface area contributed by atoms with E-state index in [1.54, 1.807) is 0 Å². The van der Waals surface area contributed by atoms with Gasteiger partial charge in [-0.1, -0.05) is 6.07 Å². The summed E-state index contributed by atoms with van der Waals surface area (Å²) in [5, 5.41) is 0. The van der Waals surface area contributed by atoms with Crippen molar-refractivity contribution >= 4 is 16.0 Å². The molecule has 106 valence electrons. The maximum atomic E-state index is 13.3. The number of nitrogens with one attached hydrogen (secondary N) is 1. The Labute approximate surface area is 109 Å². The van der Waals surface area contributed by atoms with Gasteiger partial charge in [0.2, 0.25) is 10.0 Å². The summed E-state index contributed by atoms with van der Waals surface area (Å²) in [5.41, 5.74) is 0. The molecule has 0 aliphatic carbocycles. The van der Waals surface area contributed by atoms with Crippen LogP contribution in [0.3, 0.4) is 0 Å². The Morgan fingerprint density at radius 2 is 1.89 bits per heavy atom. The lowest BCUT2D eigenvalue weighted by atomic mass is 10.3. The van der Waals surface area contributed by atoms with Gasteiger partial charge in [0.1, 0.15) is 11.6 Å². The van der Waals surface area contributed by atoms with Gasteiger partial charge < -0.3 is 4.74 Å². The van der Waals surface area contributed by atoms with E-state index in [0.29, 0.717) is 0 Å². The van der Waals surface area contributed by atoms with Crippen molar-refractivity contribution in [1.29, 1.82) is 0 Å². The Hall–Kier alpha value is -1.54. The third-order valence-corrected chi connectivity index (χ3v) is 3.78. The van der Waals surface area contributed by atoms with Crippen LogP contribution in [0, 0.1) is 11.6 Å². The number of carbonyl (C=O) groups excluding carboxylic acids is 1. The standard InChI is InChI=1S/C11H13F2NO4S/c1-18-10(15)6-3-7-14-19(16,17)11-8(12)4-2-5-9(11)13/h2,4-5,14H,3,6-7H2,1H3. The molecule has 1 aromatic carbocycles. The first-order valence-corrected chi connectivity index (χ1v) is 6.87. The van der Waals surface area contributed by atoms with Crippen LogP contribution in [0.25, 0.3) is 0 Å². The normalized spacial score (nSPS) is 11.3. The molecule has 0 radical (unpaired) electrons. The first-order chi connectivity index (χ1) is 8.88. The average Bonchev–Trinajstić information content (AvgIpc) is 2.33. The van der Waals surface area contributed by atoms with E-state index in [2.05, 4.69) is 4.74 Å². The number of hydrogen-bond donors (Lipinski definition) is 1. The van der Waals surface area contributed by atoms with Crippen LogP contribution >= 0.6 is 0 Å². The first kappa shape index (κ1) is 15.5. The van der Waals surface area contributed by atoms with E-state index in [4.69, 9.17) is 0 Å². The Kier molecular flexibility index (Phi) is 5.37. The van der Waals surface area contributed by atoms with Crippen LogP contribution in [0.15, 0.2) is 23.1 Å². The molecule has 0 aliphatic rings. The monoisotopic (exact) mass is 293 g/mol. The highest BCUT2D eigenvalue weighted by Crippen LogP contribution is 2.17. The van der Waals surface area contributed by atoms with Crippen molar-refractivity contribution in [2.45, 2.75) is 17.7 Å². The summed E-state index contributed by atoms with van der Waals surface area (Å²) < 4.78 is 56.4. The lowest BCUT2D eigenvalue weighted by molar-refractivity contribution is -0.140. The summed E-state index contributed by atoms with van der Waals surface area (Å²) in [6, 6.07) is 2.78. The predicted molar refractivity (Wildman–Crippen MR) is 62.8 cm³/mol. The number of rotatable bonds is 6. The lowest BCUT2D eigenvalue weighted by Gasteiger charge is -2.08. The van der Waals surface area contributed by atoms with Crippen LogP contribution in [0.5, 0.6) is 0 Å². The van der Waals surface area contributed by atoms with E-state index < -0.39 is 32.5 Å². The van der Waals surface area contributed by atoms with Crippen molar-refractivity contribution in [3.8, 4) is 0 Å². The van der Waals surface area contributed by atoms with E-state index in [0.717, 1.165) is 18.2 Å². The van der Waals surface area contributed by atoms with E-state index >= 15 is 0 Å². The summed E-state index contributed by atoms with van der Waals surface area (Å²) in [6.45, 7) is -0.120. The highest BCUT2D eigenvalue weighted by Gasteiger charge is 2.23. The molecule has 1 aromatic rings. The molecule has 5 nitrogen and oxygen atoms in total. The van der Waals surface area contributed by atoms with Gasteiger partial charge in [0.25, 0.3) is 0 Å². The summed E-state index contributed by atoms with van der Waals surface area (Å²) in [7, 11) is -3.07. The minimum absolute atomic E-state index is 0.0127. The van der Waals surface area contributed by atoms with Gasteiger partial charge in [0, 0.05) is 13.0 Å². The van der Waals surface area contributed by atoms with Gasteiger partial charge in [0.05, 0.1) is 7.11 Å². The fourth-order valence-corrected chi connectivity index (χ4v) is 2.56. The molecule has 0 atom stereocenters. The van der Waals surface area contributed by atoms with Gasteiger partial charge >= 0.3 is 5.97 Å². The third kappa shape index (κ3) is 4.25. The average molecular weight is 293 g/mol. The molecular formula is C11H13F2NO4S. The maximum absolute atomic E-state index is 13.3. The number of methoxy groups -OCH3 is 1. The Balaban J connectivity index is 2.69. The van der Waals surface area contributed by atoms with Gasteiger partial charge in [-0.3, -0.25) is 4.79 Å². The zero-order chi connectivity index (χ0) is 14.5. The molecule has 0 bridgehead atoms. The van der Waals surface area contributed by atoms with Crippen LogP contribution in [0.1, 0.15) is 12.8 Å². The molecule has 8 heteroatoms. The minimum atomic E-state index is -4.28. The predicted octanol–water partition coefficient (Wildman–Crippen LogP) is 1.20. The number of halogens is 2. The summed E-state index contributed by atoms with van der Waals surface area (Å²) >= 11 is 0. The zero-order valence-electron chi connectivity index (χ0n) is 10.2. The SMILES string of the molecule is COC(=O)CCCNS(=O)(=O)c1c(F)cccc1F. The molecular weight excluding hydrogens is 280 g/mol. The molecule has 0 fully saturated rings. The van der Waals surface area contributed by atoms with E-state index in [1.807, 2.05) is 4.72 Å². The van der Waals surface area contributed by atoms with Crippen molar-refractivity contribution in [2.75, 3.05) is 13.7 Å². The summed E-state index contributed by atoms with van der Waals surface area (Å²) in [5.74, 6) is -2.82. The lowest BCUT2D eigenvalue weighted by Crippen LogP contribution is -2.27. The fraction of sp³-hybridized carbons (Fsp3) is 0.364. The third-order valence-electron chi connectivity index (χ3n) is 2.27. The van der Waals surface area contributed by atoms with E-state index in [9.17, 15) is 22.0 Å². The molecule has 0 saturated carbocycles. The highest BCUT2D eigenvalue weighted by atomic mass is 32.2. The summed E-state index contributed by atoms with van der Waals surface area (Å²) in [4.78, 5) is 9.77. The molecule has 19 heavy (non-hydrogen) atoms. The van der Waals surface area contributed by atoms with Gasteiger partial charge in [0.15, 0.2) is 4.90 Å². The number of carbonyl (C=O) groups is 1. The van der Waals surface area contributed by atoms with Crippen LogP contribution in [0.4, 0.5) is 8.78 Å². The first-order valence-electron chi connectivity index (χ1n) is 5.39. The van der Waals surface area contributed by atoms with Crippen molar-refractivity contribution in [1.82, 2.24) is 4.72 Å².